The van der Waals surface area contributed by atoms with Crippen molar-refractivity contribution in [3.63, 3.8) is 0 Å². The van der Waals surface area contributed by atoms with E-state index < -0.39 is 12.0 Å². The van der Waals surface area contributed by atoms with Gasteiger partial charge in [-0.15, -0.1) is 0 Å². The van der Waals surface area contributed by atoms with Crippen LogP contribution < -0.4 is 0 Å². The number of hydrogen-bond acceptors (Lipinski definition) is 3. The highest BCUT2D eigenvalue weighted by atomic mass is 16.4. The molecule has 2 aromatic rings. The standard InChI is InChI=1S/C20H20N2O4/c1-11-16-14(7-4-8-15(16)23)21-17(11)19(24)22-10-9-12-5-2-3-6-13(12)18(22)20(25)26/h2-3,5-6,18,21H,4,7-10H2,1H3,(H,25,26). The number of aromatic amines is 1. The number of aromatic nitrogens is 1. The fourth-order valence-corrected chi connectivity index (χ4v) is 4.18. The zero-order valence-corrected chi connectivity index (χ0v) is 14.5. The molecule has 0 bridgehead atoms. The Balaban J connectivity index is 1.75. The molecule has 1 aliphatic carbocycles. The zero-order valence-electron chi connectivity index (χ0n) is 14.5. The summed E-state index contributed by atoms with van der Waals surface area (Å²) in [6.45, 7) is 2.10. The molecule has 1 aromatic carbocycles. The number of carboxylic acid groups (broad SMARTS) is 1. The molecule has 2 heterocycles. The number of hydrogen-bond donors (Lipinski definition) is 2. The molecule has 1 atom stereocenters. The summed E-state index contributed by atoms with van der Waals surface area (Å²) in [6, 6.07) is 6.33. The number of ketones is 1. The van der Waals surface area contributed by atoms with Crippen molar-refractivity contribution in [2.24, 2.45) is 0 Å². The number of Topliss-reactive ketones (excluding diaryl/α,β-unsaturated/α-hetero) is 1. The topological polar surface area (TPSA) is 90.5 Å². The van der Waals surface area contributed by atoms with Crippen LogP contribution in [0.2, 0.25) is 0 Å². The maximum absolute atomic E-state index is 13.2. The Kier molecular flexibility index (Phi) is 3.90. The molecule has 26 heavy (non-hydrogen) atoms. The average molecular weight is 352 g/mol. The zero-order chi connectivity index (χ0) is 18.4. The van der Waals surface area contributed by atoms with Crippen molar-refractivity contribution in [3.05, 3.63) is 57.9 Å². The summed E-state index contributed by atoms with van der Waals surface area (Å²) in [5, 5.41) is 9.77. The molecule has 1 aromatic heterocycles. The first-order valence-corrected chi connectivity index (χ1v) is 8.85. The first-order chi connectivity index (χ1) is 12.5. The highest BCUT2D eigenvalue weighted by Crippen LogP contribution is 2.33. The minimum absolute atomic E-state index is 0.0535. The van der Waals surface area contributed by atoms with Crippen LogP contribution in [0.25, 0.3) is 0 Å². The molecule has 2 aliphatic rings. The fourth-order valence-electron chi connectivity index (χ4n) is 4.18. The summed E-state index contributed by atoms with van der Waals surface area (Å²) in [6.07, 6.45) is 2.62. The molecule has 0 fully saturated rings. The lowest BCUT2D eigenvalue weighted by Gasteiger charge is -2.34. The normalized spacial score (nSPS) is 19.0. The number of carbonyl (C=O) groups is 3. The van der Waals surface area contributed by atoms with Gasteiger partial charge in [0.05, 0.1) is 0 Å². The second-order valence-corrected chi connectivity index (χ2v) is 6.94. The van der Waals surface area contributed by atoms with Gasteiger partial charge in [-0.3, -0.25) is 9.59 Å². The van der Waals surface area contributed by atoms with E-state index in [-0.39, 0.29) is 11.7 Å². The van der Waals surface area contributed by atoms with Crippen LogP contribution >= 0.6 is 0 Å². The van der Waals surface area contributed by atoms with E-state index in [4.69, 9.17) is 0 Å². The Bertz CT molecular complexity index is 928. The minimum atomic E-state index is -1.05. The molecular weight excluding hydrogens is 332 g/mol. The summed E-state index contributed by atoms with van der Waals surface area (Å²) in [5.74, 6) is -1.35. The SMILES string of the molecule is Cc1c(C(=O)N2CCc3ccccc3C2C(=O)O)[nH]c2c1C(=O)CCC2. The second kappa shape index (κ2) is 6.12. The average Bonchev–Trinajstić information content (AvgIpc) is 2.98. The number of aryl methyl sites for hydroxylation is 1. The number of carbonyl (C=O) groups excluding carboxylic acids is 2. The number of benzene rings is 1. The maximum atomic E-state index is 13.2. The van der Waals surface area contributed by atoms with Crippen molar-refractivity contribution in [1.82, 2.24) is 9.88 Å². The van der Waals surface area contributed by atoms with Gasteiger partial charge >= 0.3 is 5.97 Å². The molecule has 4 rings (SSSR count). The van der Waals surface area contributed by atoms with Crippen LogP contribution in [0.1, 0.15) is 62.1 Å². The molecular formula is C20H20N2O4. The predicted molar refractivity (Wildman–Crippen MR) is 94.4 cm³/mol. The van der Waals surface area contributed by atoms with Crippen LogP contribution in [0.5, 0.6) is 0 Å². The first kappa shape index (κ1) is 16.6. The maximum Gasteiger partial charge on any atom is 0.331 e. The van der Waals surface area contributed by atoms with Crippen LogP contribution in [-0.2, 0) is 17.6 Å². The van der Waals surface area contributed by atoms with E-state index in [1.807, 2.05) is 12.1 Å². The van der Waals surface area contributed by atoms with E-state index in [9.17, 15) is 19.5 Å². The van der Waals surface area contributed by atoms with Crippen LogP contribution in [0, 0.1) is 6.92 Å². The molecule has 6 heteroatoms. The molecule has 1 aliphatic heterocycles. The largest absolute Gasteiger partial charge is 0.479 e. The lowest BCUT2D eigenvalue weighted by atomic mass is 9.91. The monoisotopic (exact) mass is 352 g/mol. The van der Waals surface area contributed by atoms with Gasteiger partial charge in [-0.1, -0.05) is 24.3 Å². The quantitative estimate of drug-likeness (QED) is 0.869. The van der Waals surface area contributed by atoms with E-state index in [0.717, 1.165) is 24.1 Å². The molecule has 6 nitrogen and oxygen atoms in total. The molecule has 1 unspecified atom stereocenters. The second-order valence-electron chi connectivity index (χ2n) is 6.94. The van der Waals surface area contributed by atoms with Gasteiger partial charge in [-0.2, -0.15) is 0 Å². The van der Waals surface area contributed by atoms with Gasteiger partial charge < -0.3 is 15.0 Å². The lowest BCUT2D eigenvalue weighted by Crippen LogP contribution is -2.43. The number of rotatable bonds is 2. The predicted octanol–water partition coefficient (Wildman–Crippen LogP) is 2.67. The van der Waals surface area contributed by atoms with E-state index >= 15 is 0 Å². The number of H-pyrrole nitrogens is 1. The third-order valence-electron chi connectivity index (χ3n) is 5.43. The van der Waals surface area contributed by atoms with Crippen molar-refractivity contribution >= 4 is 17.7 Å². The molecule has 0 spiro atoms. The van der Waals surface area contributed by atoms with Crippen molar-refractivity contribution in [3.8, 4) is 0 Å². The number of amides is 1. The Morgan fingerprint density at radius 1 is 1.19 bits per heavy atom. The Hall–Kier alpha value is -2.89. The third-order valence-corrected chi connectivity index (χ3v) is 5.43. The third kappa shape index (κ3) is 2.44. The molecule has 1 amide bonds. The smallest absolute Gasteiger partial charge is 0.331 e. The van der Waals surface area contributed by atoms with Gasteiger partial charge in [0.15, 0.2) is 11.8 Å². The highest BCUT2D eigenvalue weighted by Gasteiger charge is 2.38. The minimum Gasteiger partial charge on any atom is -0.479 e. The molecule has 0 saturated heterocycles. The van der Waals surface area contributed by atoms with Crippen LogP contribution in [0.4, 0.5) is 0 Å². The number of nitrogens with zero attached hydrogens (tertiary/aromatic N) is 1. The van der Waals surface area contributed by atoms with E-state index in [1.165, 1.54) is 4.90 Å². The molecule has 0 saturated carbocycles. The van der Waals surface area contributed by atoms with Gasteiger partial charge in [0, 0.05) is 24.2 Å². The summed E-state index contributed by atoms with van der Waals surface area (Å²) < 4.78 is 0. The fraction of sp³-hybridized carbons (Fsp3) is 0.350. The first-order valence-electron chi connectivity index (χ1n) is 8.85. The molecule has 134 valence electrons. The Morgan fingerprint density at radius 3 is 2.69 bits per heavy atom. The van der Waals surface area contributed by atoms with Crippen LogP contribution in [0.15, 0.2) is 24.3 Å². The van der Waals surface area contributed by atoms with Gasteiger partial charge in [0.1, 0.15) is 5.69 Å². The summed E-state index contributed by atoms with van der Waals surface area (Å²) in [7, 11) is 0. The van der Waals surface area contributed by atoms with Crippen molar-refractivity contribution < 1.29 is 19.5 Å². The molecule has 2 N–H and O–H groups in total. The van der Waals surface area contributed by atoms with E-state index in [2.05, 4.69) is 4.98 Å². The summed E-state index contributed by atoms with van der Waals surface area (Å²) in [4.78, 5) is 41.9. The Labute approximate surface area is 150 Å². The van der Waals surface area contributed by atoms with Gasteiger partial charge in [-0.25, -0.2) is 4.79 Å². The Morgan fingerprint density at radius 2 is 1.96 bits per heavy atom. The number of fused-ring (bicyclic) bond motifs is 2. The summed E-state index contributed by atoms with van der Waals surface area (Å²) in [5.41, 5.74) is 4.01. The lowest BCUT2D eigenvalue weighted by molar-refractivity contribution is -0.143. The highest BCUT2D eigenvalue weighted by molar-refractivity contribution is 6.05. The number of nitrogens with one attached hydrogen (secondary N) is 1. The van der Waals surface area contributed by atoms with Gasteiger partial charge in [0.25, 0.3) is 5.91 Å². The van der Waals surface area contributed by atoms with Gasteiger partial charge in [-0.05, 0) is 42.9 Å². The van der Waals surface area contributed by atoms with E-state index in [0.29, 0.717) is 41.8 Å². The molecule has 0 radical (unpaired) electrons. The van der Waals surface area contributed by atoms with Crippen molar-refractivity contribution in [2.45, 2.75) is 38.6 Å². The number of carboxylic acids is 1. The van der Waals surface area contributed by atoms with Gasteiger partial charge in [0.2, 0.25) is 0 Å². The van der Waals surface area contributed by atoms with E-state index in [1.54, 1.807) is 19.1 Å². The van der Waals surface area contributed by atoms with Crippen LogP contribution in [0.3, 0.4) is 0 Å². The van der Waals surface area contributed by atoms with Crippen molar-refractivity contribution in [1.29, 1.82) is 0 Å². The summed E-state index contributed by atoms with van der Waals surface area (Å²) >= 11 is 0. The number of aliphatic carboxylic acids is 1. The van der Waals surface area contributed by atoms with Crippen LogP contribution in [-0.4, -0.2) is 39.2 Å². The van der Waals surface area contributed by atoms with Crippen molar-refractivity contribution in [2.75, 3.05) is 6.54 Å².